The predicted molar refractivity (Wildman–Crippen MR) is 115 cm³/mol. The summed E-state index contributed by atoms with van der Waals surface area (Å²) in [6.45, 7) is 2.49. The molecular formula is C24H26FN3O4. The highest BCUT2D eigenvalue weighted by Crippen LogP contribution is 2.39. The number of fused-ring (bicyclic) bond motifs is 1. The Morgan fingerprint density at radius 1 is 1.22 bits per heavy atom. The normalized spacial score (nSPS) is 23.6. The van der Waals surface area contributed by atoms with Crippen LogP contribution in [0.5, 0.6) is 5.75 Å². The van der Waals surface area contributed by atoms with Crippen molar-refractivity contribution < 1.29 is 24.1 Å². The molecule has 3 atom stereocenters. The van der Waals surface area contributed by atoms with Gasteiger partial charge in [0.1, 0.15) is 13.0 Å². The lowest BCUT2D eigenvalue weighted by Gasteiger charge is -2.42. The van der Waals surface area contributed by atoms with Crippen LogP contribution in [0.2, 0.25) is 0 Å². The lowest BCUT2D eigenvalue weighted by Crippen LogP contribution is -2.53. The molecule has 7 nitrogen and oxygen atoms in total. The van der Waals surface area contributed by atoms with Crippen molar-refractivity contribution >= 4 is 0 Å². The van der Waals surface area contributed by atoms with Gasteiger partial charge in [0.05, 0.1) is 24.4 Å². The molecule has 0 bridgehead atoms. The van der Waals surface area contributed by atoms with Crippen LogP contribution < -0.4 is 4.74 Å². The van der Waals surface area contributed by atoms with Crippen LogP contribution in [0, 0.1) is 12.7 Å². The quantitative estimate of drug-likeness (QED) is 0.651. The smallest absolute Gasteiger partial charge is 0.168 e. The molecule has 5 rings (SSSR count). The van der Waals surface area contributed by atoms with E-state index in [1.54, 1.807) is 22.7 Å². The number of hydrogen-bond acceptors (Lipinski definition) is 6. The molecule has 2 aromatic carbocycles. The van der Waals surface area contributed by atoms with Crippen molar-refractivity contribution in [3.8, 4) is 11.4 Å². The van der Waals surface area contributed by atoms with Crippen LogP contribution in [0.25, 0.3) is 5.69 Å². The molecule has 0 spiro atoms. The van der Waals surface area contributed by atoms with Crippen molar-refractivity contribution in [1.29, 1.82) is 0 Å². The minimum absolute atomic E-state index is 0.0101. The molecule has 2 N–H and O–H groups in total. The molecular weight excluding hydrogens is 413 g/mol. The Morgan fingerprint density at radius 3 is 2.75 bits per heavy atom. The van der Waals surface area contributed by atoms with Gasteiger partial charge in [0.25, 0.3) is 0 Å². The summed E-state index contributed by atoms with van der Waals surface area (Å²) in [6, 6.07) is 11.2. The van der Waals surface area contributed by atoms with Crippen LogP contribution in [0.4, 0.5) is 4.39 Å². The van der Waals surface area contributed by atoms with Crippen LogP contribution >= 0.6 is 0 Å². The SMILES string of the molecule is Cc1c(Cc2ccc(-n3cccn3)cc2)cc2c(c1F)OCN([C@H]1COCC[C@@H]1O)[C@H]2O. The number of aliphatic hydroxyl groups excluding tert-OH is 2. The Kier molecular flexibility index (Phi) is 5.69. The van der Waals surface area contributed by atoms with Gasteiger partial charge in [-0.1, -0.05) is 12.1 Å². The van der Waals surface area contributed by atoms with Gasteiger partial charge in [-0.25, -0.2) is 14.0 Å². The minimum Gasteiger partial charge on any atom is -0.475 e. The first kappa shape index (κ1) is 21.1. The average molecular weight is 439 g/mol. The number of aromatic nitrogens is 2. The molecule has 0 radical (unpaired) electrons. The van der Waals surface area contributed by atoms with Gasteiger partial charge in [0, 0.05) is 24.6 Å². The van der Waals surface area contributed by atoms with Gasteiger partial charge in [0.15, 0.2) is 11.6 Å². The Balaban J connectivity index is 1.42. The fourth-order valence-corrected chi connectivity index (χ4v) is 4.42. The monoisotopic (exact) mass is 439 g/mol. The van der Waals surface area contributed by atoms with Crippen molar-refractivity contribution in [3.05, 3.63) is 76.9 Å². The van der Waals surface area contributed by atoms with Gasteiger partial charge in [-0.3, -0.25) is 0 Å². The van der Waals surface area contributed by atoms with E-state index in [1.807, 2.05) is 42.6 Å². The molecule has 1 saturated heterocycles. The summed E-state index contributed by atoms with van der Waals surface area (Å²) in [5, 5.41) is 25.6. The first-order chi connectivity index (χ1) is 15.5. The zero-order chi connectivity index (χ0) is 22.2. The molecule has 1 aromatic heterocycles. The molecule has 3 heterocycles. The van der Waals surface area contributed by atoms with Gasteiger partial charge in [-0.2, -0.15) is 5.10 Å². The fraction of sp³-hybridized carbons (Fsp3) is 0.375. The van der Waals surface area contributed by atoms with Crippen LogP contribution in [0.15, 0.2) is 48.8 Å². The van der Waals surface area contributed by atoms with Crippen molar-refractivity contribution in [3.63, 3.8) is 0 Å². The summed E-state index contributed by atoms with van der Waals surface area (Å²) >= 11 is 0. The van der Waals surface area contributed by atoms with Gasteiger partial charge in [-0.15, -0.1) is 0 Å². The molecule has 2 aliphatic heterocycles. The Bertz CT molecular complexity index is 1090. The molecule has 0 amide bonds. The summed E-state index contributed by atoms with van der Waals surface area (Å²) in [6.07, 6.45) is 2.88. The summed E-state index contributed by atoms with van der Waals surface area (Å²) in [5.41, 5.74) is 3.61. The molecule has 168 valence electrons. The molecule has 32 heavy (non-hydrogen) atoms. The van der Waals surface area contributed by atoms with E-state index in [2.05, 4.69) is 5.10 Å². The van der Waals surface area contributed by atoms with Crippen molar-refractivity contribution in [1.82, 2.24) is 14.7 Å². The molecule has 8 heteroatoms. The number of benzene rings is 2. The predicted octanol–water partition coefficient (Wildman–Crippen LogP) is 2.70. The third-order valence-electron chi connectivity index (χ3n) is 6.37. The van der Waals surface area contributed by atoms with E-state index in [-0.39, 0.29) is 12.5 Å². The summed E-state index contributed by atoms with van der Waals surface area (Å²) in [5.74, 6) is -0.375. The number of halogens is 1. The van der Waals surface area contributed by atoms with E-state index >= 15 is 4.39 Å². The van der Waals surface area contributed by atoms with E-state index in [9.17, 15) is 10.2 Å². The molecule has 2 aliphatic rings. The van der Waals surface area contributed by atoms with E-state index in [0.29, 0.717) is 37.2 Å². The molecule has 0 aliphatic carbocycles. The highest BCUT2D eigenvalue weighted by atomic mass is 19.1. The Morgan fingerprint density at radius 2 is 2.03 bits per heavy atom. The summed E-state index contributed by atoms with van der Waals surface area (Å²) in [7, 11) is 0. The van der Waals surface area contributed by atoms with Crippen molar-refractivity contribution in [2.75, 3.05) is 19.9 Å². The number of aliphatic hydroxyl groups is 2. The van der Waals surface area contributed by atoms with Gasteiger partial charge in [-0.05, 0) is 60.7 Å². The number of hydrogen-bond donors (Lipinski definition) is 2. The van der Waals surface area contributed by atoms with Gasteiger partial charge in [0.2, 0.25) is 0 Å². The third-order valence-corrected chi connectivity index (χ3v) is 6.37. The number of ether oxygens (including phenoxy) is 2. The van der Waals surface area contributed by atoms with Crippen LogP contribution in [-0.2, 0) is 11.2 Å². The van der Waals surface area contributed by atoms with Gasteiger partial charge < -0.3 is 19.7 Å². The Hall–Kier alpha value is -2.78. The largest absolute Gasteiger partial charge is 0.475 e. The minimum atomic E-state index is -1.09. The van der Waals surface area contributed by atoms with E-state index in [1.165, 1.54) is 0 Å². The highest BCUT2D eigenvalue weighted by Gasteiger charge is 2.39. The summed E-state index contributed by atoms with van der Waals surface area (Å²) in [4.78, 5) is 1.63. The fourth-order valence-electron chi connectivity index (χ4n) is 4.42. The van der Waals surface area contributed by atoms with E-state index < -0.39 is 24.2 Å². The molecule has 0 saturated carbocycles. The lowest BCUT2D eigenvalue weighted by atomic mass is 9.94. The van der Waals surface area contributed by atoms with Crippen LogP contribution in [0.1, 0.15) is 34.9 Å². The van der Waals surface area contributed by atoms with Crippen LogP contribution in [0.3, 0.4) is 0 Å². The maximum atomic E-state index is 15.2. The summed E-state index contributed by atoms with van der Waals surface area (Å²) < 4.78 is 28.1. The van der Waals surface area contributed by atoms with Crippen molar-refractivity contribution in [2.24, 2.45) is 0 Å². The second-order valence-corrected chi connectivity index (χ2v) is 8.35. The molecule has 0 unspecified atom stereocenters. The lowest BCUT2D eigenvalue weighted by molar-refractivity contribution is -0.149. The van der Waals surface area contributed by atoms with E-state index in [0.717, 1.165) is 16.8 Å². The highest BCUT2D eigenvalue weighted by molar-refractivity contribution is 5.48. The van der Waals surface area contributed by atoms with E-state index in [4.69, 9.17) is 9.47 Å². The average Bonchev–Trinajstić information content (AvgIpc) is 3.34. The maximum Gasteiger partial charge on any atom is 0.168 e. The second kappa shape index (κ2) is 8.63. The van der Waals surface area contributed by atoms with Crippen molar-refractivity contribution in [2.45, 2.75) is 38.1 Å². The van der Waals surface area contributed by atoms with Gasteiger partial charge >= 0.3 is 0 Å². The topological polar surface area (TPSA) is 80.0 Å². The number of rotatable bonds is 4. The zero-order valence-electron chi connectivity index (χ0n) is 17.8. The first-order valence-electron chi connectivity index (χ1n) is 10.8. The standard InChI is InChI=1S/C24H26FN3O4/c1-15-17(11-16-3-5-18(6-4-16)28-9-2-8-26-28)12-19-23(22(15)25)32-14-27(24(19)30)20-13-31-10-7-21(20)29/h2-6,8-9,12,20-21,24,29-30H,7,10-11,13-14H2,1H3/t20-,21-,24-/m0/s1. The second-order valence-electron chi connectivity index (χ2n) is 8.35. The van der Waals surface area contributed by atoms with Crippen LogP contribution in [-0.4, -0.2) is 57.0 Å². The molecule has 1 fully saturated rings. The molecule has 3 aromatic rings. The maximum absolute atomic E-state index is 15.2. The third kappa shape index (κ3) is 3.80. The zero-order valence-corrected chi connectivity index (χ0v) is 17.8. The Labute approximate surface area is 185 Å². The first-order valence-corrected chi connectivity index (χ1v) is 10.8. The number of nitrogens with zero attached hydrogens (tertiary/aromatic N) is 3.